The van der Waals surface area contributed by atoms with Gasteiger partial charge in [0.05, 0.1) is 15.6 Å². The molecule has 0 aromatic heterocycles. The van der Waals surface area contributed by atoms with Gasteiger partial charge in [-0.15, -0.1) is 0 Å². The van der Waals surface area contributed by atoms with E-state index in [0.29, 0.717) is 14.5 Å². The van der Waals surface area contributed by atoms with Crippen LogP contribution in [0.5, 0.6) is 5.75 Å². The summed E-state index contributed by atoms with van der Waals surface area (Å²) in [5.74, 6) is -1.64. The van der Waals surface area contributed by atoms with Crippen LogP contribution < -0.4 is 10.5 Å². The molecule has 0 unspecified atom stereocenters. The van der Waals surface area contributed by atoms with Crippen LogP contribution in [0.4, 0.5) is 0 Å². The number of carboxylic acids is 1. The Kier molecular flexibility index (Phi) is 7.02. The molecule has 9 heteroatoms. The Hall–Kier alpha value is -2.09. The summed E-state index contributed by atoms with van der Waals surface area (Å²) in [6, 6.07) is 9.57. The molecule has 136 valence electrons. The Morgan fingerprint density at radius 1 is 1.15 bits per heavy atom. The summed E-state index contributed by atoms with van der Waals surface area (Å²) in [5, 5.41) is 9.51. The molecule has 0 aliphatic heterocycles. The summed E-state index contributed by atoms with van der Waals surface area (Å²) in [4.78, 5) is 26.9. The van der Waals surface area contributed by atoms with Gasteiger partial charge >= 0.3 is 5.97 Å². The first-order valence-electron chi connectivity index (χ1n) is 7.21. The lowest BCUT2D eigenvalue weighted by atomic mass is 10.1. The molecule has 6 nitrogen and oxygen atoms in total. The van der Waals surface area contributed by atoms with Gasteiger partial charge in [0.25, 0.3) is 5.91 Å². The predicted octanol–water partition coefficient (Wildman–Crippen LogP) is 3.96. The first-order chi connectivity index (χ1) is 12.3. The van der Waals surface area contributed by atoms with Gasteiger partial charge in [-0.25, -0.2) is 4.79 Å². The molecule has 0 radical (unpaired) electrons. The number of amidine groups is 1. The van der Waals surface area contributed by atoms with Crippen molar-refractivity contribution in [3.8, 4) is 5.75 Å². The zero-order valence-corrected chi connectivity index (χ0v) is 16.3. The molecule has 1 amide bonds. The highest BCUT2D eigenvalue weighted by Crippen LogP contribution is 2.25. The monoisotopic (exact) mass is 458 g/mol. The number of nitrogens with zero attached hydrogens (tertiary/aromatic N) is 1. The van der Waals surface area contributed by atoms with Gasteiger partial charge in [-0.3, -0.25) is 4.79 Å². The molecule has 2 aromatic rings. The molecule has 0 fully saturated rings. The molecular weight excluding hydrogens is 447 g/mol. The first kappa shape index (κ1) is 20.2. The molecule has 0 spiro atoms. The molecule has 3 N–H and O–H groups in total. The van der Waals surface area contributed by atoms with E-state index >= 15 is 0 Å². The lowest BCUT2D eigenvalue weighted by Crippen LogP contribution is -2.18. The summed E-state index contributed by atoms with van der Waals surface area (Å²) in [6.45, 7) is -0.579. The third-order valence-corrected chi connectivity index (χ3v) is 4.37. The molecule has 0 saturated carbocycles. The van der Waals surface area contributed by atoms with Crippen molar-refractivity contribution < 1.29 is 19.4 Å². The average Bonchev–Trinajstić information content (AvgIpc) is 2.56. The van der Waals surface area contributed by atoms with E-state index in [0.717, 1.165) is 5.56 Å². The van der Waals surface area contributed by atoms with Crippen molar-refractivity contribution in [2.75, 3.05) is 6.61 Å². The SMILES string of the molecule is NC(Cc1ccc(Cl)c(Cl)c1)=NC(=O)c1cc(Br)ccc1OCC(=O)O. The van der Waals surface area contributed by atoms with Crippen LogP contribution in [0, 0.1) is 0 Å². The average molecular weight is 460 g/mol. The second kappa shape index (κ2) is 9.02. The van der Waals surface area contributed by atoms with Gasteiger partial charge in [0.15, 0.2) is 6.61 Å². The van der Waals surface area contributed by atoms with E-state index < -0.39 is 18.5 Å². The molecule has 0 bridgehead atoms. The third kappa shape index (κ3) is 5.72. The van der Waals surface area contributed by atoms with Gasteiger partial charge in [-0.05, 0) is 35.9 Å². The first-order valence-corrected chi connectivity index (χ1v) is 8.76. The van der Waals surface area contributed by atoms with Crippen molar-refractivity contribution in [3.05, 3.63) is 62.0 Å². The topological polar surface area (TPSA) is 102 Å². The maximum absolute atomic E-state index is 12.4. The Bertz CT molecular complexity index is 887. The normalized spacial score (nSPS) is 11.3. The number of amides is 1. The van der Waals surface area contributed by atoms with Gasteiger partial charge in [0.1, 0.15) is 11.6 Å². The number of carboxylic acid groups (broad SMARTS) is 1. The summed E-state index contributed by atoms with van der Waals surface area (Å²) < 4.78 is 5.73. The van der Waals surface area contributed by atoms with E-state index in [2.05, 4.69) is 20.9 Å². The Balaban J connectivity index is 2.21. The molecule has 0 heterocycles. The quantitative estimate of drug-likeness (QED) is 0.502. The maximum atomic E-state index is 12.4. The van der Waals surface area contributed by atoms with Gasteiger partial charge in [0, 0.05) is 10.9 Å². The Morgan fingerprint density at radius 2 is 1.88 bits per heavy atom. The number of ether oxygens (including phenoxy) is 1. The number of benzene rings is 2. The van der Waals surface area contributed by atoms with Crippen LogP contribution in [0.3, 0.4) is 0 Å². The number of nitrogens with two attached hydrogens (primary N) is 1. The minimum absolute atomic E-state index is 0.0672. The van der Waals surface area contributed by atoms with Crippen LogP contribution in [0.1, 0.15) is 15.9 Å². The van der Waals surface area contributed by atoms with Crippen LogP contribution in [0.25, 0.3) is 0 Å². The number of halogens is 3. The zero-order valence-electron chi connectivity index (χ0n) is 13.2. The Morgan fingerprint density at radius 3 is 2.54 bits per heavy atom. The third-order valence-electron chi connectivity index (χ3n) is 3.14. The van der Waals surface area contributed by atoms with Gasteiger partial charge < -0.3 is 15.6 Å². The largest absolute Gasteiger partial charge is 0.481 e. The van der Waals surface area contributed by atoms with E-state index in [9.17, 15) is 9.59 Å². The van der Waals surface area contributed by atoms with E-state index in [-0.39, 0.29) is 23.6 Å². The highest BCUT2D eigenvalue weighted by Gasteiger charge is 2.15. The van der Waals surface area contributed by atoms with E-state index in [1.807, 2.05) is 0 Å². The molecule has 2 rings (SSSR count). The second-order valence-electron chi connectivity index (χ2n) is 5.16. The number of aliphatic carboxylic acids is 1. The highest BCUT2D eigenvalue weighted by atomic mass is 79.9. The van der Waals surface area contributed by atoms with Crippen molar-refractivity contribution in [3.63, 3.8) is 0 Å². The minimum Gasteiger partial charge on any atom is -0.481 e. The molecule has 26 heavy (non-hydrogen) atoms. The van der Waals surface area contributed by atoms with E-state index in [1.54, 1.807) is 24.3 Å². The summed E-state index contributed by atoms with van der Waals surface area (Å²) in [5.41, 5.74) is 6.68. The Labute approximate surface area is 167 Å². The standard InChI is InChI=1S/C17H13BrCl2N2O4/c18-10-2-4-14(26-8-16(23)24)11(7-10)17(25)22-15(21)6-9-1-3-12(19)13(20)5-9/h1-5,7H,6,8H2,(H,23,24)(H2,21,22,25). The van der Waals surface area contributed by atoms with E-state index in [4.69, 9.17) is 38.8 Å². The van der Waals surface area contributed by atoms with Gasteiger partial charge in [-0.1, -0.05) is 45.2 Å². The van der Waals surface area contributed by atoms with Crippen LogP contribution in [-0.2, 0) is 11.2 Å². The van der Waals surface area contributed by atoms with Crippen molar-refractivity contribution in [2.45, 2.75) is 6.42 Å². The van der Waals surface area contributed by atoms with Crippen molar-refractivity contribution in [1.82, 2.24) is 0 Å². The number of aliphatic imine (C=N–C) groups is 1. The van der Waals surface area contributed by atoms with Crippen LogP contribution in [0.15, 0.2) is 45.9 Å². The molecule has 0 atom stereocenters. The molecule has 0 aliphatic carbocycles. The fraction of sp³-hybridized carbons (Fsp3) is 0.118. The molecule has 0 saturated heterocycles. The number of hydrogen-bond donors (Lipinski definition) is 2. The summed E-state index contributed by atoms with van der Waals surface area (Å²) >= 11 is 15.1. The lowest BCUT2D eigenvalue weighted by molar-refractivity contribution is -0.139. The fourth-order valence-corrected chi connectivity index (χ4v) is 2.71. The second-order valence-corrected chi connectivity index (χ2v) is 6.89. The van der Waals surface area contributed by atoms with Gasteiger partial charge in [-0.2, -0.15) is 4.99 Å². The molecule has 0 aliphatic rings. The van der Waals surface area contributed by atoms with Crippen LogP contribution in [0.2, 0.25) is 10.0 Å². The van der Waals surface area contributed by atoms with Crippen LogP contribution >= 0.6 is 39.1 Å². The van der Waals surface area contributed by atoms with E-state index in [1.165, 1.54) is 12.1 Å². The predicted molar refractivity (Wildman–Crippen MR) is 103 cm³/mol. The molecular formula is C17H13BrCl2N2O4. The molecule has 2 aromatic carbocycles. The van der Waals surface area contributed by atoms with Crippen molar-refractivity contribution >= 4 is 56.8 Å². The highest BCUT2D eigenvalue weighted by molar-refractivity contribution is 9.10. The van der Waals surface area contributed by atoms with Crippen molar-refractivity contribution in [1.29, 1.82) is 0 Å². The van der Waals surface area contributed by atoms with Crippen molar-refractivity contribution in [2.24, 2.45) is 10.7 Å². The lowest BCUT2D eigenvalue weighted by Gasteiger charge is -2.09. The summed E-state index contributed by atoms with van der Waals surface area (Å²) in [6.07, 6.45) is 0.196. The minimum atomic E-state index is -1.16. The maximum Gasteiger partial charge on any atom is 0.341 e. The summed E-state index contributed by atoms with van der Waals surface area (Å²) in [7, 11) is 0. The van der Waals surface area contributed by atoms with Gasteiger partial charge in [0.2, 0.25) is 0 Å². The smallest absolute Gasteiger partial charge is 0.341 e. The number of carbonyl (C=O) groups excluding carboxylic acids is 1. The number of hydrogen-bond acceptors (Lipinski definition) is 3. The van der Waals surface area contributed by atoms with Crippen LogP contribution in [-0.4, -0.2) is 29.4 Å². The fourth-order valence-electron chi connectivity index (χ4n) is 2.02. The number of rotatable bonds is 6. The number of carbonyl (C=O) groups is 2. The zero-order chi connectivity index (χ0) is 19.3.